The molecule has 13 heteroatoms. The smallest absolute Gasteiger partial charge is 0.336 e. The molecule has 0 saturated carbocycles. The van der Waals surface area contributed by atoms with E-state index in [9.17, 15) is 14.7 Å². The molecular weight excluding hydrogens is 430 g/mol. The van der Waals surface area contributed by atoms with Gasteiger partial charge in [0, 0.05) is 12.1 Å². The fourth-order valence-corrected chi connectivity index (χ4v) is 3.26. The molecule has 33 heavy (non-hydrogen) atoms. The van der Waals surface area contributed by atoms with E-state index in [1.54, 1.807) is 18.2 Å². The molecule has 1 aromatic carbocycles. The van der Waals surface area contributed by atoms with E-state index in [1.807, 2.05) is 0 Å². The van der Waals surface area contributed by atoms with Crippen LogP contribution in [0.15, 0.2) is 34.0 Å². The van der Waals surface area contributed by atoms with Crippen LogP contribution in [0.1, 0.15) is 58.8 Å². The number of aromatic carboxylic acids is 1. The van der Waals surface area contributed by atoms with Crippen molar-refractivity contribution in [3.05, 3.63) is 46.8 Å². The van der Waals surface area contributed by atoms with Crippen molar-refractivity contribution in [1.82, 2.24) is 35.6 Å². The van der Waals surface area contributed by atoms with Gasteiger partial charge in [-0.1, -0.05) is 37.3 Å². The van der Waals surface area contributed by atoms with Crippen molar-refractivity contribution in [3.63, 3.8) is 0 Å². The second-order valence-electron chi connectivity index (χ2n) is 7.14. The van der Waals surface area contributed by atoms with Crippen LogP contribution in [0.3, 0.4) is 0 Å². The fourth-order valence-electron chi connectivity index (χ4n) is 3.26. The number of rotatable bonds is 11. The Labute approximate surface area is 189 Å². The summed E-state index contributed by atoms with van der Waals surface area (Å²) in [6, 6.07) is 6.30. The molecule has 0 saturated heterocycles. The highest BCUT2D eigenvalue weighted by molar-refractivity contribution is 5.99. The van der Waals surface area contributed by atoms with Gasteiger partial charge in [0.15, 0.2) is 5.69 Å². The third-order valence-electron chi connectivity index (χ3n) is 4.69. The average molecular weight is 455 g/mol. The maximum atomic E-state index is 12.9. The largest absolute Gasteiger partial charge is 0.478 e. The van der Waals surface area contributed by atoms with Gasteiger partial charge in [-0.2, -0.15) is 9.78 Å². The van der Waals surface area contributed by atoms with Crippen LogP contribution in [0, 0.1) is 0 Å². The highest BCUT2D eigenvalue weighted by Crippen LogP contribution is 2.18. The molecule has 1 amide bonds. The van der Waals surface area contributed by atoms with Crippen LogP contribution >= 0.6 is 0 Å². The molecule has 0 bridgehead atoms. The monoisotopic (exact) mass is 455 g/mol. The molecule has 2 aromatic heterocycles. The molecule has 13 nitrogen and oxygen atoms in total. The van der Waals surface area contributed by atoms with Gasteiger partial charge in [0.1, 0.15) is 0 Å². The third kappa shape index (κ3) is 5.57. The van der Waals surface area contributed by atoms with Gasteiger partial charge < -0.3 is 10.8 Å². The molecule has 2 heterocycles. The highest BCUT2D eigenvalue weighted by Gasteiger charge is 2.25. The Morgan fingerprint density at radius 3 is 2.61 bits per heavy atom. The lowest BCUT2D eigenvalue weighted by molar-refractivity contribution is 0.0696. The Hall–Kier alpha value is -4.13. The first-order chi connectivity index (χ1) is 16.0. The number of carboxylic acid groups (broad SMARTS) is 1. The van der Waals surface area contributed by atoms with E-state index in [-0.39, 0.29) is 22.9 Å². The summed E-state index contributed by atoms with van der Waals surface area (Å²) in [6.07, 6.45) is 3.10. The van der Waals surface area contributed by atoms with E-state index in [4.69, 9.17) is 5.73 Å². The van der Waals surface area contributed by atoms with Gasteiger partial charge in [0.25, 0.3) is 5.91 Å². The van der Waals surface area contributed by atoms with Gasteiger partial charge in [0.05, 0.1) is 17.5 Å². The number of nitrogens with one attached hydrogen (secondary N) is 1. The van der Waals surface area contributed by atoms with E-state index < -0.39 is 11.9 Å². The summed E-state index contributed by atoms with van der Waals surface area (Å²) in [7, 11) is 0. The van der Waals surface area contributed by atoms with Crippen LogP contribution in [0.4, 0.5) is 5.82 Å². The van der Waals surface area contributed by atoms with Crippen molar-refractivity contribution in [2.24, 2.45) is 5.10 Å². The fraction of sp³-hybridized carbons (Fsp3) is 0.350. The number of hydrogen-bond acceptors (Lipinski definition) is 10. The Kier molecular flexibility index (Phi) is 7.81. The van der Waals surface area contributed by atoms with Crippen LogP contribution in [0.2, 0.25) is 0 Å². The number of aromatic nitrogens is 5. The van der Waals surface area contributed by atoms with Gasteiger partial charge in [-0.15, -0.1) is 5.10 Å². The average Bonchev–Trinajstić information content (AvgIpc) is 3.40. The lowest BCUT2D eigenvalue weighted by Crippen LogP contribution is -2.28. The maximum Gasteiger partial charge on any atom is 0.336 e. The standard InChI is InChI=1S/C20H25N9O4/c1-3-9-28(10-4-2)12-15-16(23-27-29(15)18-17(21)25-33-26-18)19(30)24-22-11-13-7-5-6-8-14(13)20(31)32/h5-8,11H,3-4,9-10,12H2,1-2H3,(H2,21,25)(H,24,30)(H,31,32)/b22-11-. The lowest BCUT2D eigenvalue weighted by Gasteiger charge is -2.21. The van der Waals surface area contributed by atoms with E-state index >= 15 is 0 Å². The molecule has 174 valence electrons. The molecule has 0 aliphatic rings. The predicted molar refractivity (Wildman–Crippen MR) is 118 cm³/mol. The van der Waals surface area contributed by atoms with E-state index in [0.717, 1.165) is 25.9 Å². The number of amides is 1. The number of nitrogens with zero attached hydrogens (tertiary/aromatic N) is 7. The number of carbonyl (C=O) groups is 2. The number of nitrogens with two attached hydrogens (primary N) is 1. The van der Waals surface area contributed by atoms with Gasteiger partial charge in [-0.3, -0.25) is 9.69 Å². The zero-order chi connectivity index (χ0) is 23.8. The van der Waals surface area contributed by atoms with Crippen LogP contribution in [0.5, 0.6) is 0 Å². The van der Waals surface area contributed by atoms with Gasteiger partial charge >= 0.3 is 5.97 Å². The first-order valence-corrected chi connectivity index (χ1v) is 10.4. The second kappa shape index (κ2) is 10.9. The molecule has 0 spiro atoms. The number of anilines is 1. The summed E-state index contributed by atoms with van der Waals surface area (Å²) in [4.78, 5) is 26.4. The van der Waals surface area contributed by atoms with Crippen molar-refractivity contribution in [3.8, 4) is 5.82 Å². The predicted octanol–water partition coefficient (Wildman–Crippen LogP) is 1.32. The number of hydrazone groups is 1. The molecule has 3 aromatic rings. The Morgan fingerprint density at radius 1 is 1.24 bits per heavy atom. The second-order valence-corrected chi connectivity index (χ2v) is 7.14. The van der Waals surface area contributed by atoms with Crippen LogP contribution in [0.25, 0.3) is 5.82 Å². The Morgan fingerprint density at radius 2 is 1.97 bits per heavy atom. The van der Waals surface area contributed by atoms with Crippen molar-refractivity contribution in [2.45, 2.75) is 33.2 Å². The molecule has 0 radical (unpaired) electrons. The van der Waals surface area contributed by atoms with Crippen LogP contribution in [-0.2, 0) is 6.54 Å². The summed E-state index contributed by atoms with van der Waals surface area (Å²) in [6.45, 7) is 6.09. The summed E-state index contributed by atoms with van der Waals surface area (Å²) in [5.41, 5.74) is 9.06. The topological polar surface area (TPSA) is 178 Å². The molecule has 3 rings (SSSR count). The zero-order valence-corrected chi connectivity index (χ0v) is 18.3. The van der Waals surface area contributed by atoms with Crippen LogP contribution < -0.4 is 11.2 Å². The third-order valence-corrected chi connectivity index (χ3v) is 4.69. The molecule has 0 atom stereocenters. The molecule has 0 unspecified atom stereocenters. The first-order valence-electron chi connectivity index (χ1n) is 10.4. The number of carboxylic acids is 1. The zero-order valence-electron chi connectivity index (χ0n) is 18.3. The Bertz CT molecular complexity index is 1130. The van der Waals surface area contributed by atoms with Gasteiger partial charge in [0.2, 0.25) is 11.6 Å². The molecule has 0 aliphatic carbocycles. The normalized spacial score (nSPS) is 11.4. The number of nitrogen functional groups attached to an aromatic ring is 1. The molecule has 0 fully saturated rings. The highest BCUT2D eigenvalue weighted by atomic mass is 16.6. The minimum Gasteiger partial charge on any atom is -0.478 e. The lowest BCUT2D eigenvalue weighted by atomic mass is 10.1. The number of benzene rings is 1. The minimum atomic E-state index is -1.10. The van der Waals surface area contributed by atoms with E-state index in [0.29, 0.717) is 17.8 Å². The number of hydrogen-bond donors (Lipinski definition) is 3. The summed E-state index contributed by atoms with van der Waals surface area (Å²) < 4.78 is 5.99. The van der Waals surface area contributed by atoms with Crippen LogP contribution in [-0.4, -0.2) is 66.5 Å². The van der Waals surface area contributed by atoms with Crippen molar-refractivity contribution in [2.75, 3.05) is 18.8 Å². The maximum absolute atomic E-state index is 12.9. The number of carbonyl (C=O) groups excluding carboxylic acids is 1. The van der Waals surface area contributed by atoms with E-state index in [2.05, 4.69) is 54.5 Å². The quantitative estimate of drug-likeness (QED) is 0.282. The van der Waals surface area contributed by atoms with E-state index in [1.165, 1.54) is 17.0 Å². The van der Waals surface area contributed by atoms with Gasteiger partial charge in [-0.25, -0.2) is 14.8 Å². The SMILES string of the molecule is CCCN(CCC)Cc1c(C(=O)N/N=C\c2ccccc2C(=O)O)nnn1-c1nonc1N. The van der Waals surface area contributed by atoms with Crippen molar-refractivity contribution >= 4 is 23.9 Å². The molecule has 0 aliphatic heterocycles. The van der Waals surface area contributed by atoms with Gasteiger partial charge in [-0.05, 0) is 42.3 Å². The first kappa shape index (κ1) is 23.5. The minimum absolute atomic E-state index is 0.00828. The summed E-state index contributed by atoms with van der Waals surface area (Å²) >= 11 is 0. The summed E-state index contributed by atoms with van der Waals surface area (Å²) in [5.74, 6) is -1.58. The van der Waals surface area contributed by atoms with Crippen molar-refractivity contribution < 1.29 is 19.3 Å². The summed E-state index contributed by atoms with van der Waals surface area (Å²) in [5, 5.41) is 28.5. The molecule has 4 N–H and O–H groups in total. The Balaban J connectivity index is 1.88. The molecular formula is C20H25N9O4. The van der Waals surface area contributed by atoms with Crippen molar-refractivity contribution in [1.29, 1.82) is 0 Å².